The lowest BCUT2D eigenvalue weighted by atomic mass is 10.2. The molecular formula is C24H27N5O4S. The molecule has 1 amide bonds. The van der Waals surface area contributed by atoms with E-state index < -0.39 is 15.9 Å². The number of hydrogen-bond donors (Lipinski definition) is 1. The summed E-state index contributed by atoms with van der Waals surface area (Å²) >= 11 is 0. The van der Waals surface area contributed by atoms with Crippen LogP contribution in [0.15, 0.2) is 65.7 Å². The molecule has 1 N–H and O–H groups in total. The first-order valence-electron chi connectivity index (χ1n) is 11.2. The minimum Gasteiger partial charge on any atom is -0.492 e. The van der Waals surface area contributed by atoms with Crippen LogP contribution in [0.4, 0.5) is 5.69 Å². The first kappa shape index (κ1) is 23.7. The Bertz CT molecular complexity index is 1270. The molecule has 0 spiro atoms. The Morgan fingerprint density at radius 3 is 2.65 bits per heavy atom. The first-order chi connectivity index (χ1) is 16.5. The summed E-state index contributed by atoms with van der Waals surface area (Å²) in [6.07, 6.45) is 6.30. The van der Waals surface area contributed by atoms with E-state index in [4.69, 9.17) is 4.74 Å². The maximum absolute atomic E-state index is 13.1. The molecule has 0 atom stereocenters. The number of benzene rings is 2. The van der Waals surface area contributed by atoms with Gasteiger partial charge < -0.3 is 10.1 Å². The topological polar surface area (TPSA) is 106 Å². The van der Waals surface area contributed by atoms with Crippen LogP contribution in [0.2, 0.25) is 0 Å². The second kappa shape index (κ2) is 10.6. The molecule has 0 bridgehead atoms. The van der Waals surface area contributed by atoms with Crippen molar-refractivity contribution < 1.29 is 17.9 Å². The molecule has 2 aromatic carbocycles. The molecule has 9 nitrogen and oxygen atoms in total. The number of sulfonamides is 1. The second-order valence-electron chi connectivity index (χ2n) is 7.85. The van der Waals surface area contributed by atoms with Crippen LogP contribution in [0, 0.1) is 0 Å². The number of amides is 1. The summed E-state index contributed by atoms with van der Waals surface area (Å²) in [7, 11) is -3.71. The largest absolute Gasteiger partial charge is 0.492 e. The third-order valence-corrected chi connectivity index (χ3v) is 7.26. The summed E-state index contributed by atoms with van der Waals surface area (Å²) in [5.74, 6) is -0.135. The normalized spacial score (nSPS) is 14.5. The molecule has 10 heteroatoms. The number of nitrogens with one attached hydrogen (secondary N) is 1. The van der Waals surface area contributed by atoms with Crippen LogP contribution in [-0.4, -0.2) is 53.3 Å². The van der Waals surface area contributed by atoms with E-state index in [2.05, 4.69) is 15.6 Å². The Morgan fingerprint density at radius 2 is 1.91 bits per heavy atom. The van der Waals surface area contributed by atoms with Crippen molar-refractivity contribution in [2.45, 2.75) is 31.2 Å². The molecule has 34 heavy (non-hydrogen) atoms. The van der Waals surface area contributed by atoms with Gasteiger partial charge in [0.25, 0.3) is 0 Å². The lowest BCUT2D eigenvalue weighted by Gasteiger charge is -2.19. The quantitative estimate of drug-likeness (QED) is 0.471. The number of aromatic nitrogens is 3. The highest BCUT2D eigenvalue weighted by Gasteiger charge is 2.30. The SMILES string of the molecule is CCOc1ccc(NC(=O)C=Cc2cn(Cc3ccccc3)nn2)cc1S(=O)(=O)N1CCCC1. The van der Waals surface area contributed by atoms with Crippen molar-refractivity contribution in [3.05, 3.63) is 72.1 Å². The number of carbonyl (C=O) groups is 1. The van der Waals surface area contributed by atoms with Crippen molar-refractivity contribution in [2.24, 2.45) is 0 Å². The average Bonchev–Trinajstić information content (AvgIpc) is 3.52. The van der Waals surface area contributed by atoms with E-state index in [0.29, 0.717) is 37.6 Å². The zero-order valence-corrected chi connectivity index (χ0v) is 19.7. The Morgan fingerprint density at radius 1 is 1.15 bits per heavy atom. The molecule has 0 aliphatic carbocycles. The van der Waals surface area contributed by atoms with Crippen LogP contribution in [0.1, 0.15) is 31.0 Å². The van der Waals surface area contributed by atoms with Gasteiger partial charge in [-0.15, -0.1) is 5.10 Å². The first-order valence-corrected chi connectivity index (χ1v) is 12.6. The summed E-state index contributed by atoms with van der Waals surface area (Å²) in [6, 6.07) is 14.5. The van der Waals surface area contributed by atoms with Crippen LogP contribution >= 0.6 is 0 Å². The molecule has 1 aromatic heterocycles. The highest BCUT2D eigenvalue weighted by molar-refractivity contribution is 7.89. The Balaban J connectivity index is 1.45. The third-order valence-electron chi connectivity index (χ3n) is 5.34. The van der Waals surface area contributed by atoms with E-state index in [0.717, 1.165) is 18.4 Å². The van der Waals surface area contributed by atoms with Gasteiger partial charge in [0.15, 0.2) is 0 Å². The molecule has 0 radical (unpaired) electrons. The zero-order chi connectivity index (χ0) is 24.0. The molecule has 1 aliphatic heterocycles. The maximum Gasteiger partial charge on any atom is 0.248 e. The van der Waals surface area contributed by atoms with E-state index in [1.54, 1.807) is 36.0 Å². The lowest BCUT2D eigenvalue weighted by molar-refractivity contribution is -0.111. The Kier molecular flexibility index (Phi) is 7.39. The molecule has 3 aromatic rings. The van der Waals surface area contributed by atoms with Crippen LogP contribution in [0.5, 0.6) is 5.75 Å². The van der Waals surface area contributed by atoms with Crippen LogP contribution in [0.25, 0.3) is 6.08 Å². The molecule has 178 valence electrons. The van der Waals surface area contributed by atoms with E-state index in [-0.39, 0.29) is 10.6 Å². The number of hydrogen-bond acceptors (Lipinski definition) is 6. The van der Waals surface area contributed by atoms with Crippen molar-refractivity contribution in [1.82, 2.24) is 19.3 Å². The van der Waals surface area contributed by atoms with Gasteiger partial charge in [0, 0.05) is 24.9 Å². The number of ether oxygens (including phenoxy) is 1. The summed E-state index contributed by atoms with van der Waals surface area (Å²) < 4.78 is 34.9. The van der Waals surface area contributed by atoms with Crippen molar-refractivity contribution >= 4 is 27.7 Å². The highest BCUT2D eigenvalue weighted by Crippen LogP contribution is 2.31. The van der Waals surface area contributed by atoms with Gasteiger partial charge in [-0.05, 0) is 49.6 Å². The third kappa shape index (κ3) is 5.70. The zero-order valence-electron chi connectivity index (χ0n) is 18.9. The molecule has 1 fully saturated rings. The van der Waals surface area contributed by atoms with Gasteiger partial charge >= 0.3 is 0 Å². The monoisotopic (exact) mass is 481 g/mol. The van der Waals surface area contributed by atoms with Gasteiger partial charge in [0.1, 0.15) is 16.3 Å². The molecule has 0 saturated carbocycles. The Labute approximate surface area is 199 Å². The van der Waals surface area contributed by atoms with Gasteiger partial charge in [-0.3, -0.25) is 4.79 Å². The van der Waals surface area contributed by atoms with Gasteiger partial charge in [-0.2, -0.15) is 4.31 Å². The summed E-state index contributed by atoms with van der Waals surface area (Å²) in [5.41, 5.74) is 1.99. The van der Waals surface area contributed by atoms with Crippen molar-refractivity contribution in [3.63, 3.8) is 0 Å². The molecule has 1 saturated heterocycles. The smallest absolute Gasteiger partial charge is 0.248 e. The van der Waals surface area contributed by atoms with Gasteiger partial charge in [-0.25, -0.2) is 13.1 Å². The molecule has 2 heterocycles. The fraction of sp³-hybridized carbons (Fsp3) is 0.292. The minimum atomic E-state index is -3.71. The predicted octanol–water partition coefficient (Wildman–Crippen LogP) is 3.16. The van der Waals surface area contributed by atoms with Crippen molar-refractivity contribution in [1.29, 1.82) is 0 Å². The molecule has 4 rings (SSSR count). The van der Waals surface area contributed by atoms with Gasteiger partial charge in [-0.1, -0.05) is 35.5 Å². The molecule has 0 unspecified atom stereocenters. The molecule has 1 aliphatic rings. The van der Waals surface area contributed by atoms with E-state index in [1.165, 1.54) is 16.4 Å². The van der Waals surface area contributed by atoms with Crippen molar-refractivity contribution in [3.8, 4) is 5.75 Å². The minimum absolute atomic E-state index is 0.0573. The van der Waals surface area contributed by atoms with Gasteiger partial charge in [0.05, 0.1) is 19.3 Å². The fourth-order valence-electron chi connectivity index (χ4n) is 3.71. The summed E-state index contributed by atoms with van der Waals surface area (Å²) in [5, 5.41) is 10.8. The number of carbonyl (C=O) groups excluding carboxylic acids is 1. The van der Waals surface area contributed by atoms with Crippen LogP contribution in [-0.2, 0) is 21.4 Å². The summed E-state index contributed by atoms with van der Waals surface area (Å²) in [4.78, 5) is 12.5. The maximum atomic E-state index is 13.1. The van der Waals surface area contributed by atoms with Crippen molar-refractivity contribution in [2.75, 3.05) is 25.0 Å². The van der Waals surface area contributed by atoms with Crippen LogP contribution < -0.4 is 10.1 Å². The highest BCUT2D eigenvalue weighted by atomic mass is 32.2. The van der Waals surface area contributed by atoms with Crippen LogP contribution in [0.3, 0.4) is 0 Å². The van der Waals surface area contributed by atoms with E-state index >= 15 is 0 Å². The van der Waals surface area contributed by atoms with Gasteiger partial charge in [0.2, 0.25) is 15.9 Å². The second-order valence-corrected chi connectivity index (χ2v) is 9.76. The predicted molar refractivity (Wildman–Crippen MR) is 129 cm³/mol. The Hall–Kier alpha value is -3.50. The number of nitrogens with zero attached hydrogens (tertiary/aromatic N) is 4. The lowest BCUT2D eigenvalue weighted by Crippen LogP contribution is -2.28. The number of rotatable bonds is 9. The number of anilines is 1. The summed E-state index contributed by atoms with van der Waals surface area (Å²) in [6.45, 7) is 3.68. The standard InChI is InChI=1S/C24H27N5O4S/c1-2-33-22-12-10-20(16-23(22)34(31,32)29-14-6-7-15-29)25-24(30)13-11-21-18-28(27-26-21)17-19-8-4-3-5-9-19/h3-5,8-13,16,18H,2,6-7,14-15,17H2,1H3,(H,25,30). The molecular weight excluding hydrogens is 454 g/mol. The van der Waals surface area contributed by atoms with E-state index in [1.807, 2.05) is 30.3 Å². The average molecular weight is 482 g/mol. The fourth-order valence-corrected chi connectivity index (χ4v) is 5.39. The van der Waals surface area contributed by atoms with E-state index in [9.17, 15) is 13.2 Å².